The van der Waals surface area contributed by atoms with E-state index in [4.69, 9.17) is 5.11 Å². The van der Waals surface area contributed by atoms with Crippen LogP contribution < -0.4 is 0 Å². The van der Waals surface area contributed by atoms with Gasteiger partial charge in [-0.3, -0.25) is 0 Å². The van der Waals surface area contributed by atoms with Crippen molar-refractivity contribution in [1.29, 1.82) is 0 Å². The third kappa shape index (κ3) is 21.7. The van der Waals surface area contributed by atoms with Crippen LogP contribution in [0.1, 0.15) is 78.1 Å². The lowest BCUT2D eigenvalue weighted by molar-refractivity contribution is 0.180. The summed E-state index contributed by atoms with van der Waals surface area (Å²) < 4.78 is 4.50. The van der Waals surface area contributed by atoms with E-state index in [-0.39, 0.29) is 6.10 Å². The van der Waals surface area contributed by atoms with Crippen molar-refractivity contribution in [3.63, 3.8) is 0 Å². The van der Waals surface area contributed by atoms with Crippen LogP contribution in [-0.4, -0.2) is 24.4 Å². The van der Waals surface area contributed by atoms with Crippen molar-refractivity contribution in [2.45, 2.75) is 84.2 Å². The minimum absolute atomic E-state index is 0.0976. The van der Waals surface area contributed by atoms with Crippen LogP contribution in [-0.2, 0) is 4.74 Å². The van der Waals surface area contributed by atoms with E-state index in [0.717, 1.165) is 19.6 Å². The maximum atomic E-state index is 9.05. The highest BCUT2D eigenvalue weighted by molar-refractivity contribution is 4.50. The van der Waals surface area contributed by atoms with Gasteiger partial charge in [-0.2, -0.15) is 0 Å². The Hall–Kier alpha value is -0.0800. The Morgan fingerprint density at radius 2 is 1.29 bits per heavy atom. The molecule has 1 saturated heterocycles. The fourth-order valence-electron chi connectivity index (χ4n) is 1.75. The molecule has 0 amide bonds. The van der Waals surface area contributed by atoms with Crippen molar-refractivity contribution in [2.24, 2.45) is 0 Å². The van der Waals surface area contributed by atoms with E-state index < -0.39 is 0 Å². The lowest BCUT2D eigenvalue weighted by Crippen LogP contribution is -1.98. The number of ether oxygens (including phenoxy) is 1. The first kappa shape index (κ1) is 16.9. The fraction of sp³-hybridized carbons (Fsp3) is 1.00. The summed E-state index contributed by atoms with van der Waals surface area (Å²) in [5.41, 5.74) is 0. The van der Waals surface area contributed by atoms with Crippen LogP contribution >= 0.6 is 0 Å². The van der Waals surface area contributed by atoms with Gasteiger partial charge < -0.3 is 9.84 Å². The molecule has 0 aromatic rings. The van der Waals surface area contributed by atoms with Crippen LogP contribution in [0.4, 0.5) is 0 Å². The summed E-state index contributed by atoms with van der Waals surface area (Å²) in [5, 5.41) is 9.05. The third-order valence-corrected chi connectivity index (χ3v) is 2.93. The summed E-state index contributed by atoms with van der Waals surface area (Å²) >= 11 is 0. The molecule has 1 rings (SSSR count). The topological polar surface area (TPSA) is 32.8 Å². The maximum absolute atomic E-state index is 9.05. The number of hydrogen-bond donors (Lipinski definition) is 1. The Morgan fingerprint density at radius 3 is 1.65 bits per heavy atom. The minimum atomic E-state index is -0.0976. The molecular weight excluding hydrogens is 212 g/mol. The Bertz CT molecular complexity index is 130. The number of aliphatic hydroxyl groups excluding tert-OH is 1. The van der Waals surface area contributed by atoms with Gasteiger partial charge in [-0.1, -0.05) is 64.7 Å². The summed E-state index contributed by atoms with van der Waals surface area (Å²) in [6.07, 6.45) is 13.1. The monoisotopic (exact) mass is 244 g/mol. The molecule has 0 bridgehead atoms. The van der Waals surface area contributed by atoms with Crippen molar-refractivity contribution in [3.05, 3.63) is 0 Å². The van der Waals surface area contributed by atoms with Crippen LogP contribution in [0.5, 0.6) is 0 Å². The summed E-state index contributed by atoms with van der Waals surface area (Å²) in [7, 11) is 0. The van der Waals surface area contributed by atoms with E-state index in [1.54, 1.807) is 0 Å². The average Bonchev–Trinajstić information content (AvgIpc) is 3.14. The third-order valence-electron chi connectivity index (χ3n) is 2.93. The first-order valence-corrected chi connectivity index (χ1v) is 7.53. The Morgan fingerprint density at radius 1 is 0.882 bits per heavy atom. The van der Waals surface area contributed by atoms with Crippen LogP contribution in [0.15, 0.2) is 0 Å². The zero-order valence-corrected chi connectivity index (χ0v) is 11.9. The highest BCUT2D eigenvalue weighted by atomic mass is 16.6. The predicted molar refractivity (Wildman–Crippen MR) is 74.3 cm³/mol. The van der Waals surface area contributed by atoms with Gasteiger partial charge in [0.2, 0.25) is 0 Å². The summed E-state index contributed by atoms with van der Waals surface area (Å²) in [6, 6.07) is 0. The van der Waals surface area contributed by atoms with Gasteiger partial charge in [-0.25, -0.2) is 0 Å². The maximum Gasteiger partial charge on any atom is 0.0701 e. The van der Waals surface area contributed by atoms with E-state index in [1.165, 1.54) is 57.8 Å². The van der Waals surface area contributed by atoms with Gasteiger partial charge in [0.1, 0.15) is 0 Å². The van der Waals surface area contributed by atoms with Gasteiger partial charge in [-0.15, -0.1) is 0 Å². The van der Waals surface area contributed by atoms with Crippen molar-refractivity contribution in [1.82, 2.24) is 0 Å². The lowest BCUT2D eigenvalue weighted by atomic mass is 10.1. The fourth-order valence-corrected chi connectivity index (χ4v) is 1.75. The van der Waals surface area contributed by atoms with Gasteiger partial charge in [0.05, 0.1) is 19.3 Å². The Labute approximate surface area is 108 Å². The highest BCUT2D eigenvalue weighted by Crippen LogP contribution is 2.11. The van der Waals surface area contributed by atoms with Gasteiger partial charge in [0, 0.05) is 0 Å². The van der Waals surface area contributed by atoms with Crippen LogP contribution in [0, 0.1) is 0 Å². The molecule has 2 heteroatoms. The van der Waals surface area contributed by atoms with E-state index in [9.17, 15) is 0 Å². The molecule has 0 aliphatic carbocycles. The van der Waals surface area contributed by atoms with Crippen LogP contribution in [0.3, 0.4) is 0 Å². The molecule has 2 nitrogen and oxygen atoms in total. The van der Waals surface area contributed by atoms with Crippen LogP contribution in [0.25, 0.3) is 0 Å². The van der Waals surface area contributed by atoms with Gasteiger partial charge in [-0.05, 0) is 13.3 Å². The minimum Gasteiger partial charge on any atom is -0.393 e. The summed E-state index contributed by atoms with van der Waals surface area (Å²) in [5.74, 6) is 0. The second kappa shape index (κ2) is 14.0. The molecule has 1 aliphatic heterocycles. The zero-order chi connectivity index (χ0) is 12.8. The molecule has 104 valence electrons. The molecule has 1 N–H and O–H groups in total. The molecule has 1 atom stereocenters. The van der Waals surface area contributed by atoms with Crippen molar-refractivity contribution in [2.75, 3.05) is 13.2 Å². The highest BCUT2D eigenvalue weighted by Gasteiger charge is 1.95. The summed E-state index contributed by atoms with van der Waals surface area (Å²) in [4.78, 5) is 0. The molecule has 1 unspecified atom stereocenters. The van der Waals surface area contributed by atoms with Crippen molar-refractivity contribution < 1.29 is 9.84 Å². The number of hydrogen-bond acceptors (Lipinski definition) is 2. The number of unbranched alkanes of at least 4 members (excludes halogenated alkanes) is 8. The second-order valence-electron chi connectivity index (χ2n) is 5.08. The summed E-state index contributed by atoms with van der Waals surface area (Å²) in [6.45, 7) is 6.14. The van der Waals surface area contributed by atoms with Gasteiger partial charge in [0.25, 0.3) is 0 Å². The zero-order valence-electron chi connectivity index (χ0n) is 11.9. The number of epoxide rings is 1. The van der Waals surface area contributed by atoms with E-state index in [2.05, 4.69) is 11.7 Å². The molecule has 0 saturated carbocycles. The first-order valence-electron chi connectivity index (χ1n) is 7.53. The smallest absolute Gasteiger partial charge is 0.0701 e. The predicted octanol–water partition coefficient (Wildman–Crippen LogP) is 4.30. The number of rotatable bonds is 10. The quantitative estimate of drug-likeness (QED) is 0.459. The van der Waals surface area contributed by atoms with Gasteiger partial charge in [0.15, 0.2) is 0 Å². The molecule has 1 aliphatic rings. The molecule has 0 aromatic heterocycles. The molecule has 1 fully saturated rings. The molecular formula is C15H32O2. The molecule has 0 aromatic carbocycles. The van der Waals surface area contributed by atoms with Crippen molar-refractivity contribution >= 4 is 0 Å². The van der Waals surface area contributed by atoms with E-state index in [1.807, 2.05) is 6.92 Å². The molecule has 0 radical (unpaired) electrons. The Kier molecular flexibility index (Phi) is 13.9. The van der Waals surface area contributed by atoms with Gasteiger partial charge >= 0.3 is 0 Å². The van der Waals surface area contributed by atoms with E-state index in [0.29, 0.717) is 0 Å². The normalized spacial score (nSPS) is 15.0. The first-order chi connectivity index (χ1) is 8.27. The standard InChI is InChI=1S/C13H28O.C2H4O/c1-3-4-5-6-7-8-9-10-11-12-13(2)14;1-2-3-1/h13-14H,3-12H2,1-2H3;1-2H2. The van der Waals surface area contributed by atoms with Crippen molar-refractivity contribution in [3.8, 4) is 0 Å². The molecule has 0 spiro atoms. The Balaban J connectivity index is 0.000000728. The SMILES string of the molecule is C1CO1.CCCCCCCCCCCC(C)O. The number of aliphatic hydroxyl groups is 1. The van der Waals surface area contributed by atoms with E-state index >= 15 is 0 Å². The largest absolute Gasteiger partial charge is 0.393 e. The average molecular weight is 244 g/mol. The lowest BCUT2D eigenvalue weighted by Gasteiger charge is -2.03. The van der Waals surface area contributed by atoms with Crippen LogP contribution in [0.2, 0.25) is 0 Å². The molecule has 1 heterocycles. The molecule has 17 heavy (non-hydrogen) atoms. The second-order valence-corrected chi connectivity index (χ2v) is 5.08.